The van der Waals surface area contributed by atoms with Crippen LogP contribution in [-0.2, 0) is 0 Å². The molecule has 0 fully saturated rings. The summed E-state index contributed by atoms with van der Waals surface area (Å²) in [5.41, 5.74) is 8.88. The fourth-order valence-electron chi connectivity index (χ4n) is 5.64. The quantitative estimate of drug-likeness (QED) is 0.225. The Hall–Kier alpha value is -4.68. The lowest BCUT2D eigenvalue weighted by atomic mass is 9.89. The lowest BCUT2D eigenvalue weighted by Gasteiger charge is -2.14. The average Bonchev–Trinajstić information content (AvgIpc) is 2.96. The molecule has 7 aromatic rings. The van der Waals surface area contributed by atoms with Crippen molar-refractivity contribution in [1.29, 1.82) is 0 Å². The van der Waals surface area contributed by atoms with Gasteiger partial charge < -0.3 is 0 Å². The van der Waals surface area contributed by atoms with E-state index in [1.807, 2.05) is 0 Å². The van der Waals surface area contributed by atoms with Crippen LogP contribution >= 0.6 is 0 Å². The van der Waals surface area contributed by atoms with Gasteiger partial charge in [-0.25, -0.2) is 0 Å². The van der Waals surface area contributed by atoms with Gasteiger partial charge in [0.25, 0.3) is 0 Å². The van der Waals surface area contributed by atoms with Crippen LogP contribution in [0.3, 0.4) is 0 Å². The van der Waals surface area contributed by atoms with Crippen molar-refractivity contribution >= 4 is 32.3 Å². The SMILES string of the molecule is Cc1ccccc1-c1ccc2c(ccc3cc(-c4cc5ccccc5cc4-c4ccccc4)ccc32)c1. The number of rotatable bonds is 3. The first-order valence-electron chi connectivity index (χ1n) is 12.9. The van der Waals surface area contributed by atoms with Crippen LogP contribution < -0.4 is 0 Å². The van der Waals surface area contributed by atoms with Crippen molar-refractivity contribution in [3.05, 3.63) is 145 Å². The minimum Gasteiger partial charge on any atom is -0.0622 e. The largest absolute Gasteiger partial charge is 0.0622 e. The summed E-state index contributed by atoms with van der Waals surface area (Å²) in [5.74, 6) is 0. The second-order valence-electron chi connectivity index (χ2n) is 9.86. The molecule has 0 radical (unpaired) electrons. The Bertz CT molecular complexity index is 1930. The van der Waals surface area contributed by atoms with Gasteiger partial charge in [-0.05, 0) is 102 Å². The Labute approximate surface area is 217 Å². The normalized spacial score (nSPS) is 11.4. The molecule has 0 aliphatic carbocycles. The molecule has 7 aromatic carbocycles. The number of hydrogen-bond acceptors (Lipinski definition) is 0. The highest BCUT2D eigenvalue weighted by Gasteiger charge is 2.12. The molecule has 0 saturated carbocycles. The maximum atomic E-state index is 2.35. The minimum absolute atomic E-state index is 1.24. The van der Waals surface area contributed by atoms with Crippen LogP contribution in [0, 0.1) is 6.92 Å². The lowest BCUT2D eigenvalue weighted by Crippen LogP contribution is -1.88. The summed E-state index contributed by atoms with van der Waals surface area (Å²) >= 11 is 0. The molecule has 0 heterocycles. The number of aryl methyl sites for hydroxylation is 1. The van der Waals surface area contributed by atoms with Crippen LogP contribution in [0.4, 0.5) is 0 Å². The van der Waals surface area contributed by atoms with Crippen molar-refractivity contribution in [3.63, 3.8) is 0 Å². The van der Waals surface area contributed by atoms with Crippen molar-refractivity contribution in [1.82, 2.24) is 0 Å². The third-order valence-electron chi connectivity index (χ3n) is 7.57. The summed E-state index contributed by atoms with van der Waals surface area (Å²) in [7, 11) is 0. The molecule has 0 aliphatic heterocycles. The first-order chi connectivity index (χ1) is 18.2. The molecule has 0 heteroatoms. The molecule has 0 saturated heterocycles. The van der Waals surface area contributed by atoms with Crippen molar-refractivity contribution in [2.75, 3.05) is 0 Å². The van der Waals surface area contributed by atoms with E-state index in [1.165, 1.54) is 71.3 Å². The minimum atomic E-state index is 1.24. The molecule has 7 rings (SSSR count). The predicted molar refractivity (Wildman–Crippen MR) is 160 cm³/mol. The van der Waals surface area contributed by atoms with Gasteiger partial charge in [-0.1, -0.05) is 115 Å². The molecule has 0 N–H and O–H groups in total. The first-order valence-corrected chi connectivity index (χ1v) is 12.9. The summed E-state index contributed by atoms with van der Waals surface area (Å²) in [4.78, 5) is 0. The fraction of sp³-hybridized carbons (Fsp3) is 0.0270. The zero-order valence-corrected chi connectivity index (χ0v) is 20.8. The van der Waals surface area contributed by atoms with Gasteiger partial charge in [0.2, 0.25) is 0 Å². The molecule has 0 aromatic heterocycles. The van der Waals surface area contributed by atoms with Gasteiger partial charge in [-0.2, -0.15) is 0 Å². The first kappa shape index (κ1) is 21.6. The second-order valence-corrected chi connectivity index (χ2v) is 9.86. The molecule has 0 spiro atoms. The van der Waals surface area contributed by atoms with Gasteiger partial charge in [0.05, 0.1) is 0 Å². The third kappa shape index (κ3) is 3.79. The third-order valence-corrected chi connectivity index (χ3v) is 7.57. The van der Waals surface area contributed by atoms with E-state index in [2.05, 4.69) is 146 Å². The van der Waals surface area contributed by atoms with Crippen molar-refractivity contribution in [3.8, 4) is 33.4 Å². The van der Waals surface area contributed by atoms with E-state index in [4.69, 9.17) is 0 Å². The molecule has 0 nitrogen and oxygen atoms in total. The molecule has 0 aliphatic rings. The Morgan fingerprint density at radius 2 is 0.838 bits per heavy atom. The maximum Gasteiger partial charge on any atom is -0.00988 e. The monoisotopic (exact) mass is 470 g/mol. The van der Waals surface area contributed by atoms with E-state index in [-0.39, 0.29) is 0 Å². The van der Waals surface area contributed by atoms with Crippen LogP contribution in [-0.4, -0.2) is 0 Å². The van der Waals surface area contributed by atoms with Crippen molar-refractivity contribution in [2.24, 2.45) is 0 Å². The van der Waals surface area contributed by atoms with Crippen LogP contribution in [0.15, 0.2) is 140 Å². The molecule has 0 amide bonds. The van der Waals surface area contributed by atoms with Gasteiger partial charge >= 0.3 is 0 Å². The zero-order chi connectivity index (χ0) is 24.8. The summed E-state index contributed by atoms with van der Waals surface area (Å²) < 4.78 is 0. The maximum absolute atomic E-state index is 2.35. The molecule has 37 heavy (non-hydrogen) atoms. The molecular weight excluding hydrogens is 444 g/mol. The lowest BCUT2D eigenvalue weighted by molar-refractivity contribution is 1.46. The molecule has 0 bridgehead atoms. The van der Waals surface area contributed by atoms with Gasteiger partial charge in [0.15, 0.2) is 0 Å². The highest BCUT2D eigenvalue weighted by Crippen LogP contribution is 2.38. The summed E-state index contributed by atoms with van der Waals surface area (Å²) in [6, 6.07) is 51.0. The fourth-order valence-corrected chi connectivity index (χ4v) is 5.64. The van der Waals surface area contributed by atoms with E-state index in [9.17, 15) is 0 Å². The highest BCUT2D eigenvalue weighted by atomic mass is 14.2. The van der Waals surface area contributed by atoms with Crippen LogP contribution in [0.2, 0.25) is 0 Å². The standard InChI is InChI=1S/C37H26/c1-25-9-5-8-14-33(25)29-17-19-34-30(21-29)15-16-31-22-32(18-20-35(31)34)37-24-28-13-7-6-12-27(28)23-36(37)26-10-3-2-4-11-26/h2-24H,1H3. The number of hydrogen-bond donors (Lipinski definition) is 0. The van der Waals surface area contributed by atoms with Crippen LogP contribution in [0.1, 0.15) is 5.56 Å². The van der Waals surface area contributed by atoms with E-state index in [0.717, 1.165) is 0 Å². The van der Waals surface area contributed by atoms with E-state index in [1.54, 1.807) is 0 Å². The van der Waals surface area contributed by atoms with Gasteiger partial charge in [-0.15, -0.1) is 0 Å². The smallest absolute Gasteiger partial charge is 0.00988 e. The van der Waals surface area contributed by atoms with Crippen LogP contribution in [0.25, 0.3) is 65.7 Å². The number of fused-ring (bicyclic) bond motifs is 4. The van der Waals surface area contributed by atoms with Gasteiger partial charge in [0, 0.05) is 0 Å². The van der Waals surface area contributed by atoms with Gasteiger partial charge in [0.1, 0.15) is 0 Å². The summed E-state index contributed by atoms with van der Waals surface area (Å²) in [5, 5.41) is 7.65. The zero-order valence-electron chi connectivity index (χ0n) is 20.8. The van der Waals surface area contributed by atoms with Gasteiger partial charge in [-0.3, -0.25) is 0 Å². The molecule has 174 valence electrons. The Balaban J connectivity index is 1.40. The van der Waals surface area contributed by atoms with E-state index < -0.39 is 0 Å². The Morgan fingerprint density at radius 1 is 0.324 bits per heavy atom. The Morgan fingerprint density at radius 3 is 1.46 bits per heavy atom. The average molecular weight is 471 g/mol. The number of benzene rings is 7. The Kier molecular flexibility index (Phi) is 5.11. The van der Waals surface area contributed by atoms with E-state index in [0.29, 0.717) is 0 Å². The predicted octanol–water partition coefficient (Wildman–Crippen LogP) is 10.5. The van der Waals surface area contributed by atoms with E-state index >= 15 is 0 Å². The second kappa shape index (κ2) is 8.76. The molecule has 0 atom stereocenters. The summed E-state index contributed by atoms with van der Waals surface area (Å²) in [6.45, 7) is 2.18. The topological polar surface area (TPSA) is 0 Å². The summed E-state index contributed by atoms with van der Waals surface area (Å²) in [6.07, 6.45) is 0. The van der Waals surface area contributed by atoms with Crippen molar-refractivity contribution in [2.45, 2.75) is 6.92 Å². The molecule has 0 unspecified atom stereocenters. The molecular formula is C37H26. The van der Waals surface area contributed by atoms with Crippen molar-refractivity contribution < 1.29 is 0 Å². The highest BCUT2D eigenvalue weighted by molar-refractivity contribution is 6.10. The van der Waals surface area contributed by atoms with Crippen LogP contribution in [0.5, 0.6) is 0 Å².